The van der Waals surface area contributed by atoms with Crippen LogP contribution in [0.2, 0.25) is 0 Å². The minimum absolute atomic E-state index is 0.0328. The van der Waals surface area contributed by atoms with E-state index in [9.17, 15) is 9.59 Å². The van der Waals surface area contributed by atoms with Gasteiger partial charge in [0.1, 0.15) is 5.54 Å². The van der Waals surface area contributed by atoms with Gasteiger partial charge in [0.2, 0.25) is 11.8 Å². The van der Waals surface area contributed by atoms with Crippen LogP contribution in [0.25, 0.3) is 0 Å². The molecule has 2 saturated heterocycles. The molecule has 1 aliphatic carbocycles. The molecule has 0 aromatic rings. The molecule has 3 rings (SSSR count). The van der Waals surface area contributed by atoms with E-state index in [1.165, 1.54) is 6.42 Å². The van der Waals surface area contributed by atoms with Crippen LogP contribution in [0.4, 0.5) is 0 Å². The molecule has 2 N–H and O–H groups in total. The second-order valence-corrected chi connectivity index (χ2v) is 8.85. The van der Waals surface area contributed by atoms with Gasteiger partial charge < -0.3 is 20.3 Å². The molecule has 7 nitrogen and oxygen atoms in total. The van der Waals surface area contributed by atoms with Gasteiger partial charge in [-0.15, -0.1) is 0 Å². The summed E-state index contributed by atoms with van der Waals surface area (Å²) in [7, 11) is 0. The predicted molar refractivity (Wildman–Crippen MR) is 104 cm³/mol. The van der Waals surface area contributed by atoms with E-state index in [2.05, 4.69) is 4.90 Å². The van der Waals surface area contributed by atoms with Crippen molar-refractivity contribution in [1.29, 1.82) is 0 Å². The van der Waals surface area contributed by atoms with Crippen LogP contribution >= 0.6 is 0 Å². The summed E-state index contributed by atoms with van der Waals surface area (Å²) < 4.78 is 5.74. The second kappa shape index (κ2) is 8.05. The third kappa shape index (κ3) is 3.87. The molecule has 3 aliphatic rings. The van der Waals surface area contributed by atoms with E-state index in [4.69, 9.17) is 10.5 Å². The Bertz CT molecular complexity index is 553. The summed E-state index contributed by atoms with van der Waals surface area (Å²) in [4.78, 5) is 31.6. The van der Waals surface area contributed by atoms with Gasteiger partial charge in [0.25, 0.3) is 0 Å². The van der Waals surface area contributed by atoms with Crippen LogP contribution in [0.1, 0.15) is 46.5 Å². The summed E-state index contributed by atoms with van der Waals surface area (Å²) in [5.74, 6) is 0.259. The van der Waals surface area contributed by atoms with Gasteiger partial charge in [0.05, 0.1) is 12.6 Å². The zero-order chi connectivity index (χ0) is 19.7. The molecule has 154 valence electrons. The minimum Gasteiger partial charge on any atom is -0.378 e. The lowest BCUT2D eigenvalue weighted by Gasteiger charge is -2.59. The Morgan fingerprint density at radius 1 is 1.00 bits per heavy atom. The molecular formula is C20H36N4O3. The minimum atomic E-state index is -0.849. The SMILES string of the molecule is CCOC1CC(N)(C(=O)N2CCN(CC(=O)N3CCCCC3)CC2)C1(C)C. The van der Waals surface area contributed by atoms with Crippen molar-refractivity contribution in [1.82, 2.24) is 14.7 Å². The van der Waals surface area contributed by atoms with E-state index in [0.29, 0.717) is 32.7 Å². The van der Waals surface area contributed by atoms with E-state index in [0.717, 1.165) is 39.0 Å². The molecule has 0 bridgehead atoms. The maximum Gasteiger partial charge on any atom is 0.243 e. The summed E-state index contributed by atoms with van der Waals surface area (Å²) >= 11 is 0. The van der Waals surface area contributed by atoms with E-state index in [1.807, 2.05) is 30.6 Å². The lowest BCUT2D eigenvalue weighted by Crippen LogP contribution is -2.76. The monoisotopic (exact) mass is 380 g/mol. The standard InChI is InChI=1S/C20H36N4O3/c1-4-27-16-14-20(21,19(16,2)3)18(26)24-12-10-22(11-13-24)15-17(25)23-8-6-5-7-9-23/h16H,4-15,21H2,1-3H3. The zero-order valence-corrected chi connectivity index (χ0v) is 17.2. The van der Waals surface area contributed by atoms with Gasteiger partial charge in [-0.05, 0) is 26.2 Å². The summed E-state index contributed by atoms with van der Waals surface area (Å²) in [5, 5.41) is 0. The molecule has 7 heteroatoms. The van der Waals surface area contributed by atoms with Crippen LogP contribution < -0.4 is 5.73 Å². The highest BCUT2D eigenvalue weighted by atomic mass is 16.5. The largest absolute Gasteiger partial charge is 0.378 e. The van der Waals surface area contributed by atoms with Gasteiger partial charge in [-0.3, -0.25) is 14.5 Å². The number of nitrogens with zero attached hydrogens (tertiary/aromatic N) is 3. The molecule has 2 amide bonds. The first kappa shape index (κ1) is 20.6. The first-order valence-corrected chi connectivity index (χ1v) is 10.5. The molecule has 1 saturated carbocycles. The van der Waals surface area contributed by atoms with Crippen molar-refractivity contribution in [3.05, 3.63) is 0 Å². The smallest absolute Gasteiger partial charge is 0.243 e. The number of hydrogen-bond acceptors (Lipinski definition) is 5. The second-order valence-electron chi connectivity index (χ2n) is 8.85. The fraction of sp³-hybridized carbons (Fsp3) is 0.900. The molecule has 27 heavy (non-hydrogen) atoms. The molecule has 0 aromatic carbocycles. The highest BCUT2D eigenvalue weighted by Gasteiger charge is 2.63. The maximum absolute atomic E-state index is 13.1. The van der Waals surface area contributed by atoms with Crippen molar-refractivity contribution >= 4 is 11.8 Å². The lowest BCUT2D eigenvalue weighted by atomic mass is 9.54. The van der Waals surface area contributed by atoms with E-state index < -0.39 is 5.54 Å². The van der Waals surface area contributed by atoms with Crippen LogP contribution in [-0.2, 0) is 14.3 Å². The van der Waals surface area contributed by atoms with E-state index in [-0.39, 0.29) is 23.3 Å². The number of amides is 2. The number of piperazine rings is 1. The maximum atomic E-state index is 13.1. The molecule has 0 radical (unpaired) electrons. The molecular weight excluding hydrogens is 344 g/mol. The van der Waals surface area contributed by atoms with Crippen molar-refractivity contribution < 1.29 is 14.3 Å². The number of piperidine rings is 1. The van der Waals surface area contributed by atoms with Crippen LogP contribution in [-0.4, -0.2) is 90.6 Å². The molecule has 2 heterocycles. The fourth-order valence-corrected chi connectivity index (χ4v) is 4.62. The lowest BCUT2D eigenvalue weighted by molar-refractivity contribution is -0.180. The van der Waals surface area contributed by atoms with Crippen LogP contribution in [0.5, 0.6) is 0 Å². The van der Waals surface area contributed by atoms with Gasteiger partial charge in [-0.25, -0.2) is 0 Å². The highest BCUT2D eigenvalue weighted by Crippen LogP contribution is 2.50. The van der Waals surface area contributed by atoms with Gasteiger partial charge in [0, 0.05) is 57.7 Å². The van der Waals surface area contributed by atoms with Crippen molar-refractivity contribution in [3.8, 4) is 0 Å². The topological polar surface area (TPSA) is 79.1 Å². The van der Waals surface area contributed by atoms with Crippen molar-refractivity contribution in [2.24, 2.45) is 11.1 Å². The average Bonchev–Trinajstić information content (AvgIpc) is 2.68. The number of likely N-dealkylation sites (tertiary alicyclic amines) is 1. The molecule has 0 spiro atoms. The molecule has 3 fully saturated rings. The molecule has 2 atom stereocenters. The molecule has 2 aliphatic heterocycles. The van der Waals surface area contributed by atoms with Gasteiger partial charge in [-0.2, -0.15) is 0 Å². The summed E-state index contributed by atoms with van der Waals surface area (Å²) in [5.41, 5.74) is 5.33. The number of hydrogen-bond donors (Lipinski definition) is 1. The summed E-state index contributed by atoms with van der Waals surface area (Å²) in [6, 6.07) is 0. The number of ether oxygens (including phenoxy) is 1. The Balaban J connectivity index is 1.49. The number of carbonyl (C=O) groups excluding carboxylic acids is 2. The third-order valence-electron chi connectivity index (χ3n) is 6.94. The predicted octanol–water partition coefficient (Wildman–Crippen LogP) is 0.676. The number of carbonyl (C=O) groups is 2. The van der Waals surface area contributed by atoms with Crippen LogP contribution in [0.3, 0.4) is 0 Å². The Labute approximate surface area is 163 Å². The first-order chi connectivity index (χ1) is 12.8. The van der Waals surface area contributed by atoms with Crippen molar-refractivity contribution in [2.45, 2.75) is 58.1 Å². The first-order valence-electron chi connectivity index (χ1n) is 10.5. The quantitative estimate of drug-likeness (QED) is 0.759. The highest BCUT2D eigenvalue weighted by molar-refractivity contribution is 5.89. The van der Waals surface area contributed by atoms with Gasteiger partial charge in [-0.1, -0.05) is 13.8 Å². The van der Waals surface area contributed by atoms with E-state index in [1.54, 1.807) is 0 Å². The van der Waals surface area contributed by atoms with Gasteiger partial charge in [0.15, 0.2) is 0 Å². The zero-order valence-electron chi connectivity index (χ0n) is 17.2. The Morgan fingerprint density at radius 3 is 2.19 bits per heavy atom. The Morgan fingerprint density at radius 2 is 1.63 bits per heavy atom. The van der Waals surface area contributed by atoms with E-state index >= 15 is 0 Å². The van der Waals surface area contributed by atoms with Crippen molar-refractivity contribution in [3.63, 3.8) is 0 Å². The average molecular weight is 381 g/mol. The molecule has 2 unspecified atom stereocenters. The normalized spacial score (nSPS) is 31.5. The Kier molecular flexibility index (Phi) is 6.13. The van der Waals surface area contributed by atoms with Gasteiger partial charge >= 0.3 is 0 Å². The van der Waals surface area contributed by atoms with Crippen LogP contribution in [0.15, 0.2) is 0 Å². The Hall–Kier alpha value is -1.18. The molecule has 0 aromatic heterocycles. The van der Waals surface area contributed by atoms with Crippen molar-refractivity contribution in [2.75, 3.05) is 52.4 Å². The third-order valence-corrected chi connectivity index (χ3v) is 6.94. The fourth-order valence-electron chi connectivity index (χ4n) is 4.62. The van der Waals surface area contributed by atoms with Crippen LogP contribution in [0, 0.1) is 5.41 Å². The summed E-state index contributed by atoms with van der Waals surface area (Å²) in [6.45, 7) is 11.7. The number of rotatable bonds is 5. The summed E-state index contributed by atoms with van der Waals surface area (Å²) in [6.07, 6.45) is 4.09. The number of nitrogens with two attached hydrogens (primary N) is 1.